The Bertz CT molecular complexity index is 1180. The lowest BCUT2D eigenvalue weighted by molar-refractivity contribution is 0.102. The van der Waals surface area contributed by atoms with Crippen molar-refractivity contribution in [2.45, 2.75) is 20.5 Å². The Morgan fingerprint density at radius 3 is 2.77 bits per heavy atom. The van der Waals surface area contributed by atoms with Crippen LogP contribution in [0.4, 0.5) is 5.69 Å². The number of hydrogen-bond donors (Lipinski definition) is 1. The van der Waals surface area contributed by atoms with E-state index in [1.54, 1.807) is 18.2 Å². The van der Waals surface area contributed by atoms with E-state index in [-0.39, 0.29) is 5.91 Å². The molecule has 0 spiro atoms. The van der Waals surface area contributed by atoms with Crippen LogP contribution in [-0.4, -0.2) is 21.9 Å². The van der Waals surface area contributed by atoms with Crippen LogP contribution < -0.4 is 14.8 Å². The summed E-state index contributed by atoms with van der Waals surface area (Å²) in [7, 11) is 0. The number of ether oxygens (including phenoxy) is 2. The maximum Gasteiger partial charge on any atom is 0.255 e. The minimum Gasteiger partial charge on any atom is -0.492 e. The molecule has 6 nitrogen and oxygen atoms in total. The smallest absolute Gasteiger partial charge is 0.255 e. The van der Waals surface area contributed by atoms with Gasteiger partial charge in [0.25, 0.3) is 5.91 Å². The molecule has 6 heteroatoms. The van der Waals surface area contributed by atoms with Crippen molar-refractivity contribution in [3.05, 3.63) is 89.9 Å². The van der Waals surface area contributed by atoms with E-state index in [9.17, 15) is 4.79 Å². The highest BCUT2D eigenvalue weighted by Crippen LogP contribution is 2.25. The number of rotatable bonds is 7. The van der Waals surface area contributed by atoms with Gasteiger partial charge in [-0.25, -0.2) is 4.98 Å². The Labute approximate surface area is 175 Å². The molecule has 0 bridgehead atoms. The minimum atomic E-state index is -0.226. The van der Waals surface area contributed by atoms with Crippen molar-refractivity contribution in [1.29, 1.82) is 0 Å². The van der Waals surface area contributed by atoms with Crippen molar-refractivity contribution >= 4 is 17.2 Å². The second kappa shape index (κ2) is 8.69. The van der Waals surface area contributed by atoms with Gasteiger partial charge in [-0.15, -0.1) is 0 Å². The molecule has 1 N–H and O–H groups in total. The lowest BCUT2D eigenvalue weighted by atomic mass is 10.2. The number of benzene rings is 2. The van der Waals surface area contributed by atoms with E-state index >= 15 is 0 Å². The Kier molecular flexibility index (Phi) is 5.66. The first-order valence-electron chi connectivity index (χ1n) is 9.83. The van der Waals surface area contributed by atoms with Crippen molar-refractivity contribution in [2.24, 2.45) is 0 Å². The predicted octanol–water partition coefficient (Wildman–Crippen LogP) is 4.87. The summed E-state index contributed by atoms with van der Waals surface area (Å²) < 4.78 is 13.4. The first-order chi connectivity index (χ1) is 14.6. The maximum atomic E-state index is 12.7. The lowest BCUT2D eigenvalue weighted by Gasteiger charge is -2.12. The Hall–Kier alpha value is -3.80. The SMILES string of the molecule is CCOc1ccccc1NC(=O)c1cccc(OCc2cn3cccc(C)c3n2)c1. The van der Waals surface area contributed by atoms with Gasteiger partial charge in [0.15, 0.2) is 0 Å². The Morgan fingerprint density at radius 1 is 1.07 bits per heavy atom. The number of para-hydroxylation sites is 2. The van der Waals surface area contributed by atoms with Gasteiger partial charge in [-0.05, 0) is 55.8 Å². The number of pyridine rings is 1. The molecule has 0 fully saturated rings. The van der Waals surface area contributed by atoms with Crippen molar-refractivity contribution in [1.82, 2.24) is 9.38 Å². The van der Waals surface area contributed by atoms with Crippen LogP contribution in [0.3, 0.4) is 0 Å². The van der Waals surface area contributed by atoms with Gasteiger partial charge in [-0.1, -0.05) is 24.3 Å². The van der Waals surface area contributed by atoms with E-state index in [1.165, 1.54) is 0 Å². The van der Waals surface area contributed by atoms with Crippen molar-refractivity contribution in [3.8, 4) is 11.5 Å². The molecule has 4 aromatic rings. The van der Waals surface area contributed by atoms with Crippen LogP contribution in [0.25, 0.3) is 5.65 Å². The van der Waals surface area contributed by atoms with Crippen molar-refractivity contribution in [3.63, 3.8) is 0 Å². The fourth-order valence-electron chi connectivity index (χ4n) is 3.20. The first kappa shape index (κ1) is 19.5. The summed E-state index contributed by atoms with van der Waals surface area (Å²) in [6, 6.07) is 18.5. The second-order valence-corrected chi connectivity index (χ2v) is 6.85. The van der Waals surface area contributed by atoms with E-state index in [0.29, 0.717) is 36.0 Å². The van der Waals surface area contributed by atoms with Gasteiger partial charge in [0.1, 0.15) is 23.8 Å². The van der Waals surface area contributed by atoms with E-state index in [4.69, 9.17) is 9.47 Å². The summed E-state index contributed by atoms with van der Waals surface area (Å²) in [5, 5.41) is 2.90. The quantitative estimate of drug-likeness (QED) is 0.480. The average molecular weight is 401 g/mol. The molecule has 0 atom stereocenters. The number of aromatic nitrogens is 2. The lowest BCUT2D eigenvalue weighted by Crippen LogP contribution is -2.13. The number of carbonyl (C=O) groups is 1. The highest BCUT2D eigenvalue weighted by Gasteiger charge is 2.11. The van der Waals surface area contributed by atoms with Crippen LogP contribution >= 0.6 is 0 Å². The maximum absolute atomic E-state index is 12.7. The predicted molar refractivity (Wildman–Crippen MR) is 116 cm³/mol. The number of carbonyl (C=O) groups excluding carboxylic acids is 1. The first-order valence-corrected chi connectivity index (χ1v) is 9.83. The molecule has 2 aromatic heterocycles. The topological polar surface area (TPSA) is 64.9 Å². The standard InChI is InChI=1S/C24H23N3O3/c1-3-29-22-12-5-4-11-21(22)26-24(28)18-9-6-10-20(14-18)30-16-19-15-27-13-7-8-17(2)23(27)25-19/h4-15H,3,16H2,1-2H3,(H,26,28). The molecular formula is C24H23N3O3. The summed E-state index contributed by atoms with van der Waals surface area (Å²) in [6.07, 6.45) is 3.91. The van der Waals surface area contributed by atoms with Crippen LogP contribution in [0.15, 0.2) is 73.1 Å². The molecule has 0 aliphatic rings. The number of nitrogens with zero attached hydrogens (tertiary/aromatic N) is 2. The van der Waals surface area contributed by atoms with Crippen LogP contribution in [0.1, 0.15) is 28.5 Å². The second-order valence-electron chi connectivity index (χ2n) is 6.85. The van der Waals surface area contributed by atoms with Gasteiger partial charge in [-0.3, -0.25) is 4.79 Å². The van der Waals surface area contributed by atoms with Crippen molar-refractivity contribution < 1.29 is 14.3 Å². The molecule has 1 amide bonds. The molecule has 0 aliphatic heterocycles. The molecule has 2 heterocycles. The minimum absolute atomic E-state index is 0.226. The zero-order chi connectivity index (χ0) is 20.9. The zero-order valence-electron chi connectivity index (χ0n) is 17.0. The molecule has 0 unspecified atom stereocenters. The summed E-state index contributed by atoms with van der Waals surface area (Å²) in [4.78, 5) is 17.3. The van der Waals surface area contributed by atoms with Gasteiger partial charge in [0.05, 0.1) is 18.0 Å². The van der Waals surface area contributed by atoms with Gasteiger partial charge >= 0.3 is 0 Å². The molecule has 2 aromatic carbocycles. The highest BCUT2D eigenvalue weighted by atomic mass is 16.5. The van der Waals surface area contributed by atoms with Gasteiger partial charge in [0.2, 0.25) is 0 Å². The van der Waals surface area contributed by atoms with Crippen LogP contribution in [0, 0.1) is 6.92 Å². The molecule has 30 heavy (non-hydrogen) atoms. The van der Waals surface area contributed by atoms with E-state index in [1.807, 2.05) is 73.1 Å². The van der Waals surface area contributed by atoms with E-state index in [0.717, 1.165) is 16.9 Å². The summed E-state index contributed by atoms with van der Waals surface area (Å²) in [5.41, 5.74) is 3.98. The molecule has 0 aliphatic carbocycles. The molecule has 0 saturated heterocycles. The fraction of sp³-hybridized carbons (Fsp3) is 0.167. The van der Waals surface area contributed by atoms with Crippen molar-refractivity contribution in [2.75, 3.05) is 11.9 Å². The molecular weight excluding hydrogens is 378 g/mol. The number of nitrogens with one attached hydrogen (secondary N) is 1. The largest absolute Gasteiger partial charge is 0.492 e. The third-order valence-corrected chi connectivity index (χ3v) is 4.65. The Balaban J connectivity index is 1.45. The molecule has 4 rings (SSSR count). The Morgan fingerprint density at radius 2 is 1.93 bits per heavy atom. The van der Waals surface area contributed by atoms with Gasteiger partial charge < -0.3 is 19.2 Å². The van der Waals surface area contributed by atoms with Crippen LogP contribution in [0.2, 0.25) is 0 Å². The van der Waals surface area contributed by atoms with Gasteiger partial charge in [-0.2, -0.15) is 0 Å². The number of aryl methyl sites for hydroxylation is 1. The number of anilines is 1. The van der Waals surface area contributed by atoms with E-state index < -0.39 is 0 Å². The van der Waals surface area contributed by atoms with Crippen LogP contribution in [0.5, 0.6) is 11.5 Å². The number of amides is 1. The summed E-state index contributed by atoms with van der Waals surface area (Å²) in [6.45, 7) is 4.78. The molecule has 152 valence electrons. The number of fused-ring (bicyclic) bond motifs is 1. The fourth-order valence-corrected chi connectivity index (χ4v) is 3.20. The number of imidazole rings is 1. The highest BCUT2D eigenvalue weighted by molar-refractivity contribution is 6.05. The molecule has 0 saturated carbocycles. The number of hydrogen-bond acceptors (Lipinski definition) is 4. The van der Waals surface area contributed by atoms with Gasteiger partial charge in [0, 0.05) is 18.0 Å². The third-order valence-electron chi connectivity index (χ3n) is 4.65. The summed E-state index contributed by atoms with van der Waals surface area (Å²) >= 11 is 0. The average Bonchev–Trinajstić information content (AvgIpc) is 3.19. The molecule has 0 radical (unpaired) electrons. The van der Waals surface area contributed by atoms with E-state index in [2.05, 4.69) is 10.3 Å². The zero-order valence-corrected chi connectivity index (χ0v) is 17.0. The van der Waals surface area contributed by atoms with Crippen LogP contribution in [-0.2, 0) is 6.61 Å². The summed E-state index contributed by atoms with van der Waals surface area (Å²) in [5.74, 6) is 1.02. The normalized spacial score (nSPS) is 10.7. The third kappa shape index (κ3) is 4.27. The monoisotopic (exact) mass is 401 g/mol.